The van der Waals surface area contributed by atoms with Gasteiger partial charge in [0.15, 0.2) is 6.39 Å². The fourth-order valence-electron chi connectivity index (χ4n) is 2.92. The van der Waals surface area contributed by atoms with E-state index >= 15 is 0 Å². The van der Waals surface area contributed by atoms with Gasteiger partial charge in [-0.2, -0.15) is 0 Å². The lowest BCUT2D eigenvalue weighted by Crippen LogP contribution is -2.60. The Bertz CT molecular complexity index is 687. The average Bonchev–Trinajstić information content (AvgIpc) is 3.14. The predicted octanol–water partition coefficient (Wildman–Crippen LogP) is 0.529. The molecule has 1 saturated heterocycles. The summed E-state index contributed by atoms with van der Waals surface area (Å²) in [7, 11) is 0. The first kappa shape index (κ1) is 16.2. The summed E-state index contributed by atoms with van der Waals surface area (Å²) in [4.78, 5) is 31.6. The van der Waals surface area contributed by atoms with Gasteiger partial charge in [0.2, 0.25) is 11.7 Å². The molecule has 0 spiro atoms. The number of nitrogens with zero attached hydrogens (tertiary/aromatic N) is 3. The smallest absolute Gasteiger partial charge is 0.292 e. The van der Waals surface area contributed by atoms with Crippen molar-refractivity contribution in [3.05, 3.63) is 54.2 Å². The Labute approximate surface area is 140 Å². The van der Waals surface area contributed by atoms with Crippen molar-refractivity contribution in [2.24, 2.45) is 5.73 Å². The van der Waals surface area contributed by atoms with Crippen LogP contribution in [0.2, 0.25) is 0 Å². The number of primary amides is 1. The molecule has 126 valence electrons. The van der Waals surface area contributed by atoms with Crippen LogP contribution in [0.1, 0.15) is 16.1 Å². The van der Waals surface area contributed by atoms with Gasteiger partial charge < -0.3 is 15.1 Å². The van der Waals surface area contributed by atoms with E-state index in [1.165, 1.54) is 23.1 Å². The van der Waals surface area contributed by atoms with Crippen molar-refractivity contribution in [3.8, 4) is 0 Å². The number of hydrogen-bond acceptors (Lipinski definition) is 5. The van der Waals surface area contributed by atoms with Crippen molar-refractivity contribution in [2.45, 2.75) is 12.5 Å². The van der Waals surface area contributed by atoms with E-state index in [1.54, 1.807) is 0 Å². The molecule has 0 bridgehead atoms. The molecule has 1 fully saturated rings. The fourth-order valence-corrected chi connectivity index (χ4v) is 2.92. The highest BCUT2D eigenvalue weighted by atomic mass is 16.3. The van der Waals surface area contributed by atoms with Crippen molar-refractivity contribution >= 4 is 11.8 Å². The van der Waals surface area contributed by atoms with E-state index in [2.05, 4.69) is 22.0 Å². The van der Waals surface area contributed by atoms with Crippen LogP contribution in [0, 0.1) is 0 Å². The second-order valence-electron chi connectivity index (χ2n) is 5.82. The van der Waals surface area contributed by atoms with Gasteiger partial charge in [0, 0.05) is 26.2 Å². The van der Waals surface area contributed by atoms with E-state index in [4.69, 9.17) is 10.2 Å². The highest BCUT2D eigenvalue weighted by Crippen LogP contribution is 2.15. The van der Waals surface area contributed by atoms with Crippen LogP contribution in [-0.2, 0) is 11.2 Å². The molecule has 1 atom stereocenters. The van der Waals surface area contributed by atoms with Gasteiger partial charge in [-0.15, -0.1) is 0 Å². The molecule has 7 nitrogen and oxygen atoms in total. The van der Waals surface area contributed by atoms with Crippen LogP contribution in [0.25, 0.3) is 0 Å². The monoisotopic (exact) mass is 328 g/mol. The molecule has 1 aliphatic heterocycles. The first-order chi connectivity index (χ1) is 11.6. The van der Waals surface area contributed by atoms with Crippen LogP contribution in [0.4, 0.5) is 0 Å². The number of oxazole rings is 1. The molecular weight excluding hydrogens is 308 g/mol. The minimum atomic E-state index is -0.660. The predicted molar refractivity (Wildman–Crippen MR) is 87.1 cm³/mol. The molecule has 2 N–H and O–H groups in total. The zero-order valence-corrected chi connectivity index (χ0v) is 13.3. The third-order valence-electron chi connectivity index (χ3n) is 4.26. The van der Waals surface area contributed by atoms with Crippen LogP contribution in [0.15, 0.2) is 47.3 Å². The number of amides is 2. The normalized spacial score (nSPS) is 18.5. The van der Waals surface area contributed by atoms with Crippen molar-refractivity contribution in [3.63, 3.8) is 0 Å². The first-order valence-electron chi connectivity index (χ1n) is 7.90. The lowest BCUT2D eigenvalue weighted by Gasteiger charge is -2.39. The standard InChI is InChI=1S/C17H20N4O3/c18-16(22)14-11-20(7-6-13-4-2-1-3-5-13)8-9-21(14)17(23)15-10-19-12-24-15/h1-5,10,12,14H,6-9,11H2,(H2,18,22)/t14-/m1/s1. The second-order valence-corrected chi connectivity index (χ2v) is 5.82. The molecule has 3 rings (SSSR count). The molecule has 1 aromatic carbocycles. The Hall–Kier alpha value is -2.67. The maximum absolute atomic E-state index is 12.4. The Balaban J connectivity index is 1.63. The van der Waals surface area contributed by atoms with Crippen LogP contribution >= 0.6 is 0 Å². The van der Waals surface area contributed by atoms with E-state index in [9.17, 15) is 9.59 Å². The zero-order chi connectivity index (χ0) is 16.9. The molecule has 0 aliphatic carbocycles. The van der Waals surface area contributed by atoms with E-state index in [1.807, 2.05) is 18.2 Å². The summed E-state index contributed by atoms with van der Waals surface area (Å²) in [5.74, 6) is -0.731. The number of carbonyl (C=O) groups excluding carboxylic acids is 2. The highest BCUT2D eigenvalue weighted by Gasteiger charge is 2.35. The molecule has 1 aliphatic rings. The number of nitrogens with two attached hydrogens (primary N) is 1. The lowest BCUT2D eigenvalue weighted by atomic mass is 10.1. The molecule has 2 amide bonds. The second kappa shape index (κ2) is 7.27. The van der Waals surface area contributed by atoms with E-state index < -0.39 is 11.9 Å². The fraction of sp³-hybridized carbons (Fsp3) is 0.353. The Morgan fingerprint density at radius 1 is 1.25 bits per heavy atom. The third-order valence-corrected chi connectivity index (χ3v) is 4.26. The van der Waals surface area contributed by atoms with Crippen molar-refractivity contribution in [1.82, 2.24) is 14.8 Å². The average molecular weight is 328 g/mol. The Kier molecular flexibility index (Phi) is 4.90. The molecule has 2 aromatic rings. The van der Waals surface area contributed by atoms with E-state index in [-0.39, 0.29) is 11.7 Å². The van der Waals surface area contributed by atoms with Crippen LogP contribution in [0.5, 0.6) is 0 Å². The topological polar surface area (TPSA) is 92.7 Å². The highest BCUT2D eigenvalue weighted by molar-refractivity contribution is 5.95. The molecule has 0 radical (unpaired) electrons. The third kappa shape index (κ3) is 3.62. The number of aromatic nitrogens is 1. The largest absolute Gasteiger partial charge is 0.438 e. The van der Waals surface area contributed by atoms with Gasteiger partial charge >= 0.3 is 0 Å². The number of rotatable bonds is 5. The van der Waals surface area contributed by atoms with E-state index in [0.717, 1.165) is 13.0 Å². The van der Waals surface area contributed by atoms with Crippen molar-refractivity contribution in [1.29, 1.82) is 0 Å². The van der Waals surface area contributed by atoms with Gasteiger partial charge in [-0.1, -0.05) is 30.3 Å². The Morgan fingerprint density at radius 3 is 2.71 bits per heavy atom. The van der Waals surface area contributed by atoms with Crippen LogP contribution < -0.4 is 5.73 Å². The van der Waals surface area contributed by atoms with Gasteiger partial charge in [0.1, 0.15) is 6.04 Å². The molecule has 1 aromatic heterocycles. The van der Waals surface area contributed by atoms with Gasteiger partial charge in [-0.25, -0.2) is 4.98 Å². The molecule has 24 heavy (non-hydrogen) atoms. The molecule has 0 unspecified atom stereocenters. The SMILES string of the molecule is NC(=O)[C@H]1CN(CCc2ccccc2)CCN1C(=O)c1cnco1. The van der Waals surface area contributed by atoms with E-state index in [0.29, 0.717) is 19.6 Å². The molecular formula is C17H20N4O3. The van der Waals surface area contributed by atoms with Crippen LogP contribution in [0.3, 0.4) is 0 Å². The van der Waals surface area contributed by atoms with Crippen molar-refractivity contribution in [2.75, 3.05) is 26.2 Å². The summed E-state index contributed by atoms with van der Waals surface area (Å²) in [6.07, 6.45) is 3.44. The molecule has 0 saturated carbocycles. The molecule has 2 heterocycles. The summed E-state index contributed by atoms with van der Waals surface area (Å²) in [5, 5.41) is 0. The minimum Gasteiger partial charge on any atom is -0.438 e. The van der Waals surface area contributed by atoms with Crippen LogP contribution in [-0.4, -0.2) is 58.8 Å². The number of hydrogen-bond donors (Lipinski definition) is 1. The first-order valence-corrected chi connectivity index (χ1v) is 7.90. The number of carbonyl (C=O) groups is 2. The van der Waals surface area contributed by atoms with Gasteiger partial charge in [0.25, 0.3) is 5.91 Å². The van der Waals surface area contributed by atoms with Gasteiger partial charge in [-0.05, 0) is 12.0 Å². The molecule has 7 heteroatoms. The lowest BCUT2D eigenvalue weighted by molar-refractivity contribution is -0.124. The summed E-state index contributed by atoms with van der Waals surface area (Å²) in [6, 6.07) is 9.50. The quantitative estimate of drug-likeness (QED) is 0.864. The Morgan fingerprint density at radius 2 is 2.04 bits per heavy atom. The summed E-state index contributed by atoms with van der Waals surface area (Å²) < 4.78 is 5.04. The summed E-state index contributed by atoms with van der Waals surface area (Å²) in [6.45, 7) is 2.37. The van der Waals surface area contributed by atoms with Gasteiger partial charge in [-0.3, -0.25) is 14.5 Å². The number of benzene rings is 1. The summed E-state index contributed by atoms with van der Waals surface area (Å²) in [5.41, 5.74) is 6.76. The maximum Gasteiger partial charge on any atom is 0.292 e. The summed E-state index contributed by atoms with van der Waals surface area (Å²) >= 11 is 0. The minimum absolute atomic E-state index is 0.124. The maximum atomic E-state index is 12.4. The van der Waals surface area contributed by atoms with Gasteiger partial charge in [0.05, 0.1) is 6.20 Å². The van der Waals surface area contributed by atoms with Crippen molar-refractivity contribution < 1.29 is 14.0 Å². The number of piperazine rings is 1. The zero-order valence-electron chi connectivity index (χ0n) is 13.3.